The number of nitrogens with one attached hydrogen (secondary N) is 1. The molecule has 23 heavy (non-hydrogen) atoms. The van der Waals surface area contributed by atoms with Crippen LogP contribution in [0, 0.1) is 0 Å². The molecule has 0 radical (unpaired) electrons. The van der Waals surface area contributed by atoms with E-state index in [1.807, 2.05) is 4.90 Å². The molecule has 2 aliphatic heterocycles. The first-order chi connectivity index (χ1) is 11.1. The number of rotatable bonds is 4. The van der Waals surface area contributed by atoms with Gasteiger partial charge in [0, 0.05) is 50.1 Å². The number of amides is 1. The summed E-state index contributed by atoms with van der Waals surface area (Å²) in [6.07, 6.45) is 3.19. The SMILES string of the molecule is COc1cc2c(cc1CNC1CCN(C(C)=O)CC1)O[C@@H](C)C2. The molecule has 0 bridgehead atoms. The summed E-state index contributed by atoms with van der Waals surface area (Å²) in [4.78, 5) is 13.3. The molecule has 1 fully saturated rings. The lowest BCUT2D eigenvalue weighted by Gasteiger charge is -2.32. The van der Waals surface area contributed by atoms with Gasteiger partial charge in [-0.05, 0) is 31.9 Å². The fraction of sp³-hybridized carbons (Fsp3) is 0.611. The normalized spacial score (nSPS) is 21.0. The van der Waals surface area contributed by atoms with Crippen LogP contribution in [0.5, 0.6) is 11.5 Å². The first kappa shape index (κ1) is 16.1. The number of benzene rings is 1. The number of piperidine rings is 1. The number of hydrogen-bond acceptors (Lipinski definition) is 4. The smallest absolute Gasteiger partial charge is 0.219 e. The third-order valence-electron chi connectivity index (χ3n) is 4.82. The summed E-state index contributed by atoms with van der Waals surface area (Å²) in [6.45, 7) is 6.18. The molecule has 1 aromatic rings. The summed E-state index contributed by atoms with van der Waals surface area (Å²) in [6, 6.07) is 4.66. The van der Waals surface area contributed by atoms with Crippen LogP contribution in [0.3, 0.4) is 0 Å². The van der Waals surface area contributed by atoms with Crippen molar-refractivity contribution in [2.75, 3.05) is 20.2 Å². The van der Waals surface area contributed by atoms with Crippen LogP contribution >= 0.6 is 0 Å². The van der Waals surface area contributed by atoms with Gasteiger partial charge in [0.1, 0.15) is 17.6 Å². The van der Waals surface area contributed by atoms with Crippen LogP contribution in [0.25, 0.3) is 0 Å². The Morgan fingerprint density at radius 3 is 2.78 bits per heavy atom. The molecule has 2 heterocycles. The molecule has 0 spiro atoms. The molecule has 2 aliphatic rings. The lowest BCUT2D eigenvalue weighted by molar-refractivity contribution is -0.129. The van der Waals surface area contributed by atoms with Crippen molar-refractivity contribution >= 4 is 5.91 Å². The third-order valence-corrected chi connectivity index (χ3v) is 4.82. The van der Waals surface area contributed by atoms with Gasteiger partial charge in [-0.15, -0.1) is 0 Å². The highest BCUT2D eigenvalue weighted by Crippen LogP contribution is 2.35. The van der Waals surface area contributed by atoms with Gasteiger partial charge in [0.05, 0.1) is 7.11 Å². The lowest BCUT2D eigenvalue weighted by Crippen LogP contribution is -2.43. The molecule has 1 aromatic carbocycles. The predicted molar refractivity (Wildman–Crippen MR) is 88.9 cm³/mol. The van der Waals surface area contributed by atoms with Crippen molar-refractivity contribution in [3.8, 4) is 11.5 Å². The van der Waals surface area contributed by atoms with Gasteiger partial charge in [-0.1, -0.05) is 0 Å². The van der Waals surface area contributed by atoms with E-state index in [1.54, 1.807) is 14.0 Å². The Hall–Kier alpha value is -1.75. The predicted octanol–water partition coefficient (Wildman–Crippen LogP) is 2.12. The van der Waals surface area contributed by atoms with Crippen molar-refractivity contribution in [3.63, 3.8) is 0 Å². The molecule has 0 aromatic heterocycles. The van der Waals surface area contributed by atoms with E-state index in [0.29, 0.717) is 6.04 Å². The van der Waals surface area contributed by atoms with E-state index >= 15 is 0 Å². The van der Waals surface area contributed by atoms with Gasteiger partial charge in [-0.2, -0.15) is 0 Å². The Labute approximate surface area is 137 Å². The number of carbonyl (C=O) groups excluding carboxylic acids is 1. The van der Waals surface area contributed by atoms with Gasteiger partial charge in [0.2, 0.25) is 5.91 Å². The van der Waals surface area contributed by atoms with Gasteiger partial charge in [-0.3, -0.25) is 4.79 Å². The van der Waals surface area contributed by atoms with Crippen LogP contribution in [-0.4, -0.2) is 43.2 Å². The molecule has 1 atom stereocenters. The van der Waals surface area contributed by atoms with Crippen molar-refractivity contribution in [3.05, 3.63) is 23.3 Å². The van der Waals surface area contributed by atoms with Gasteiger partial charge in [0.15, 0.2) is 0 Å². The number of carbonyl (C=O) groups is 1. The highest BCUT2D eigenvalue weighted by Gasteiger charge is 2.23. The molecule has 3 rings (SSSR count). The standard InChI is InChI=1S/C18H26N2O3/c1-12-8-14-9-17(22-3)15(10-18(14)23-12)11-19-16-4-6-20(7-5-16)13(2)21/h9-10,12,16,19H,4-8,11H2,1-3H3/t12-/m0/s1. The van der Waals surface area contributed by atoms with E-state index in [1.165, 1.54) is 5.56 Å². The summed E-state index contributed by atoms with van der Waals surface area (Å²) >= 11 is 0. The fourth-order valence-electron chi connectivity index (χ4n) is 3.46. The number of fused-ring (bicyclic) bond motifs is 1. The zero-order valence-electron chi connectivity index (χ0n) is 14.2. The minimum Gasteiger partial charge on any atom is -0.496 e. The molecule has 0 aliphatic carbocycles. The molecule has 5 nitrogen and oxygen atoms in total. The topological polar surface area (TPSA) is 50.8 Å². The van der Waals surface area contributed by atoms with Gasteiger partial charge >= 0.3 is 0 Å². The Bertz CT molecular complexity index is 580. The molecule has 1 amide bonds. The third kappa shape index (κ3) is 3.61. The summed E-state index contributed by atoms with van der Waals surface area (Å²) in [5, 5.41) is 3.60. The summed E-state index contributed by atoms with van der Waals surface area (Å²) < 4.78 is 11.4. The monoisotopic (exact) mass is 318 g/mol. The molecule has 0 saturated carbocycles. The molecule has 1 saturated heterocycles. The molecule has 5 heteroatoms. The number of ether oxygens (including phenoxy) is 2. The zero-order chi connectivity index (χ0) is 16.4. The Balaban J connectivity index is 1.60. The lowest BCUT2D eigenvalue weighted by atomic mass is 10.0. The minimum atomic E-state index is 0.176. The van der Waals surface area contributed by atoms with Crippen LogP contribution in [-0.2, 0) is 17.8 Å². The Morgan fingerprint density at radius 1 is 1.39 bits per heavy atom. The Morgan fingerprint density at radius 2 is 2.13 bits per heavy atom. The van der Waals surface area contributed by atoms with E-state index in [-0.39, 0.29) is 12.0 Å². The molecule has 1 N–H and O–H groups in total. The van der Waals surface area contributed by atoms with Gasteiger partial charge in [0.25, 0.3) is 0 Å². The quantitative estimate of drug-likeness (QED) is 0.924. The van der Waals surface area contributed by atoms with Gasteiger partial charge in [-0.25, -0.2) is 0 Å². The van der Waals surface area contributed by atoms with Crippen molar-refractivity contribution in [1.82, 2.24) is 10.2 Å². The van der Waals surface area contributed by atoms with Crippen LogP contribution in [0.1, 0.15) is 37.8 Å². The summed E-state index contributed by atoms with van der Waals surface area (Å²) in [5.41, 5.74) is 2.36. The minimum absolute atomic E-state index is 0.176. The van der Waals surface area contributed by atoms with Crippen molar-refractivity contribution in [1.29, 1.82) is 0 Å². The Kier molecular flexibility index (Phi) is 4.76. The molecular weight excluding hydrogens is 292 g/mol. The van der Waals surface area contributed by atoms with Crippen LogP contribution in [0.15, 0.2) is 12.1 Å². The average molecular weight is 318 g/mol. The second-order valence-electron chi connectivity index (χ2n) is 6.57. The van der Waals surface area contributed by atoms with Crippen molar-refractivity contribution in [2.24, 2.45) is 0 Å². The van der Waals surface area contributed by atoms with E-state index in [4.69, 9.17) is 9.47 Å². The fourth-order valence-corrected chi connectivity index (χ4v) is 3.46. The maximum Gasteiger partial charge on any atom is 0.219 e. The van der Waals surface area contributed by atoms with E-state index in [9.17, 15) is 4.79 Å². The van der Waals surface area contributed by atoms with Gasteiger partial charge < -0.3 is 19.7 Å². The van der Waals surface area contributed by atoms with E-state index in [2.05, 4.69) is 24.4 Å². The number of methoxy groups -OCH3 is 1. The molecule has 126 valence electrons. The van der Waals surface area contributed by atoms with Crippen LogP contribution in [0.4, 0.5) is 0 Å². The highest BCUT2D eigenvalue weighted by molar-refractivity contribution is 5.73. The average Bonchev–Trinajstić information content (AvgIpc) is 2.91. The maximum atomic E-state index is 11.4. The van der Waals surface area contributed by atoms with Crippen LogP contribution in [0.2, 0.25) is 0 Å². The molecule has 0 unspecified atom stereocenters. The second kappa shape index (κ2) is 6.79. The second-order valence-corrected chi connectivity index (χ2v) is 6.57. The van der Waals surface area contributed by atoms with Crippen LogP contribution < -0.4 is 14.8 Å². The highest BCUT2D eigenvalue weighted by atomic mass is 16.5. The number of nitrogens with zero attached hydrogens (tertiary/aromatic N) is 1. The van der Waals surface area contributed by atoms with E-state index < -0.39 is 0 Å². The summed E-state index contributed by atoms with van der Waals surface area (Å²) in [5.74, 6) is 2.09. The number of hydrogen-bond donors (Lipinski definition) is 1. The number of likely N-dealkylation sites (tertiary alicyclic amines) is 1. The first-order valence-electron chi connectivity index (χ1n) is 8.42. The first-order valence-corrected chi connectivity index (χ1v) is 8.42. The van der Waals surface area contributed by atoms with Crippen molar-refractivity contribution in [2.45, 2.75) is 51.8 Å². The molecular formula is C18H26N2O3. The maximum absolute atomic E-state index is 11.4. The van der Waals surface area contributed by atoms with E-state index in [0.717, 1.165) is 56.0 Å². The largest absolute Gasteiger partial charge is 0.496 e. The zero-order valence-corrected chi connectivity index (χ0v) is 14.2. The van der Waals surface area contributed by atoms with Crippen molar-refractivity contribution < 1.29 is 14.3 Å². The summed E-state index contributed by atoms with van der Waals surface area (Å²) in [7, 11) is 1.72.